The molecule has 0 N–H and O–H groups in total. The van der Waals surface area contributed by atoms with E-state index in [4.69, 9.17) is 0 Å². The van der Waals surface area contributed by atoms with E-state index in [1.54, 1.807) is 0 Å². The van der Waals surface area contributed by atoms with E-state index in [2.05, 4.69) is 27.7 Å². The van der Waals surface area contributed by atoms with Gasteiger partial charge in [0.2, 0.25) is 0 Å². The van der Waals surface area contributed by atoms with Crippen LogP contribution >= 0.6 is 0 Å². The maximum atomic E-state index is 12.4. The molecule has 1 saturated carbocycles. The van der Waals surface area contributed by atoms with Gasteiger partial charge in [-0.15, -0.1) is 0 Å². The third-order valence-electron chi connectivity index (χ3n) is 4.26. The third-order valence-corrected chi connectivity index (χ3v) is 4.26. The van der Waals surface area contributed by atoms with Gasteiger partial charge in [0.05, 0.1) is 0 Å². The summed E-state index contributed by atoms with van der Waals surface area (Å²) >= 11 is 0. The zero-order chi connectivity index (χ0) is 11.5. The van der Waals surface area contributed by atoms with E-state index in [1.165, 1.54) is 19.3 Å². The van der Waals surface area contributed by atoms with E-state index >= 15 is 0 Å². The minimum absolute atomic E-state index is 0.0403. The summed E-state index contributed by atoms with van der Waals surface area (Å²) < 4.78 is 0. The summed E-state index contributed by atoms with van der Waals surface area (Å²) in [5, 5.41) is 0. The lowest BCUT2D eigenvalue weighted by Crippen LogP contribution is -2.31. The molecule has 1 nitrogen and oxygen atoms in total. The monoisotopic (exact) mass is 210 g/mol. The molecule has 0 heterocycles. The highest BCUT2D eigenvalue weighted by Gasteiger charge is 2.49. The highest BCUT2D eigenvalue weighted by atomic mass is 16.1. The van der Waals surface area contributed by atoms with Crippen LogP contribution in [0.2, 0.25) is 0 Å². The average molecular weight is 210 g/mol. The Morgan fingerprint density at radius 2 is 1.80 bits per heavy atom. The van der Waals surface area contributed by atoms with Crippen molar-refractivity contribution in [1.82, 2.24) is 0 Å². The summed E-state index contributed by atoms with van der Waals surface area (Å²) in [5.74, 6) is 0.536. The number of ketones is 1. The summed E-state index contributed by atoms with van der Waals surface area (Å²) in [6, 6.07) is 0. The molecule has 0 spiro atoms. The van der Waals surface area contributed by atoms with Crippen molar-refractivity contribution in [2.24, 2.45) is 10.8 Å². The van der Waals surface area contributed by atoms with Crippen LogP contribution in [0.3, 0.4) is 0 Å². The Balaban J connectivity index is 2.66. The van der Waals surface area contributed by atoms with Crippen LogP contribution in [0.15, 0.2) is 0 Å². The molecule has 0 aromatic heterocycles. The van der Waals surface area contributed by atoms with Gasteiger partial charge in [0.15, 0.2) is 0 Å². The van der Waals surface area contributed by atoms with Crippen LogP contribution in [-0.2, 0) is 4.79 Å². The zero-order valence-electron chi connectivity index (χ0n) is 10.9. The van der Waals surface area contributed by atoms with Crippen LogP contribution in [0.4, 0.5) is 0 Å². The molecule has 0 saturated heterocycles. The number of rotatable bonds is 5. The van der Waals surface area contributed by atoms with Crippen molar-refractivity contribution in [3.05, 3.63) is 0 Å². The van der Waals surface area contributed by atoms with Crippen molar-refractivity contribution in [1.29, 1.82) is 0 Å². The van der Waals surface area contributed by atoms with Crippen molar-refractivity contribution < 1.29 is 4.79 Å². The first-order valence-corrected chi connectivity index (χ1v) is 6.53. The fourth-order valence-corrected chi connectivity index (χ4v) is 2.96. The molecule has 1 aliphatic rings. The number of unbranched alkanes of at least 4 members (excludes halogenated alkanes) is 2. The number of Topliss-reactive ketones (excluding diaryl/α,β-unsaturated/α-hetero) is 1. The van der Waals surface area contributed by atoms with Gasteiger partial charge in [0, 0.05) is 10.8 Å². The lowest BCUT2D eigenvalue weighted by atomic mass is 9.74. The fraction of sp³-hybridized carbons (Fsp3) is 0.929. The van der Waals surface area contributed by atoms with Gasteiger partial charge >= 0.3 is 0 Å². The molecule has 0 amide bonds. The smallest absolute Gasteiger partial charge is 0.144 e. The van der Waals surface area contributed by atoms with E-state index in [0.717, 1.165) is 25.7 Å². The van der Waals surface area contributed by atoms with Gasteiger partial charge in [0.25, 0.3) is 0 Å². The quantitative estimate of drug-likeness (QED) is 0.616. The van der Waals surface area contributed by atoms with Crippen LogP contribution in [0.1, 0.15) is 72.6 Å². The Morgan fingerprint density at radius 1 is 1.13 bits per heavy atom. The molecule has 1 rings (SSSR count). The number of carbonyl (C=O) groups is 1. The van der Waals surface area contributed by atoms with Gasteiger partial charge in [-0.2, -0.15) is 0 Å². The molecule has 0 bridgehead atoms. The largest absolute Gasteiger partial charge is 0.298 e. The summed E-state index contributed by atoms with van der Waals surface area (Å²) in [5.41, 5.74) is -0.0130. The lowest BCUT2D eigenvalue weighted by Gasteiger charge is -2.28. The summed E-state index contributed by atoms with van der Waals surface area (Å²) in [6.07, 6.45) is 8.13. The average Bonchev–Trinajstić information content (AvgIpc) is 2.43. The molecule has 1 aliphatic carbocycles. The second-order valence-corrected chi connectivity index (χ2v) is 5.80. The van der Waals surface area contributed by atoms with E-state index in [0.29, 0.717) is 5.78 Å². The van der Waals surface area contributed by atoms with Crippen molar-refractivity contribution in [3.8, 4) is 0 Å². The lowest BCUT2D eigenvalue weighted by molar-refractivity contribution is -0.133. The summed E-state index contributed by atoms with van der Waals surface area (Å²) in [4.78, 5) is 12.4. The third kappa shape index (κ3) is 2.43. The van der Waals surface area contributed by atoms with Crippen LogP contribution in [-0.4, -0.2) is 5.78 Å². The molecule has 1 unspecified atom stereocenters. The molecule has 1 fully saturated rings. The highest BCUT2D eigenvalue weighted by Crippen LogP contribution is 2.50. The first-order chi connectivity index (χ1) is 6.98. The molecule has 0 aliphatic heterocycles. The second kappa shape index (κ2) is 4.67. The predicted octanol–water partition coefficient (Wildman–Crippen LogP) is 4.35. The topological polar surface area (TPSA) is 17.1 Å². The molecule has 0 aromatic rings. The van der Waals surface area contributed by atoms with Gasteiger partial charge in [-0.3, -0.25) is 4.79 Å². The normalized spacial score (nSPS) is 29.7. The van der Waals surface area contributed by atoms with Gasteiger partial charge < -0.3 is 0 Å². The Labute approximate surface area is 94.6 Å². The standard InChI is InChI=1S/C14H26O/c1-5-7-8-9-14(6-2)11-10-13(3,4)12(14)15/h5-11H2,1-4H3. The van der Waals surface area contributed by atoms with E-state index in [-0.39, 0.29) is 10.8 Å². The van der Waals surface area contributed by atoms with E-state index in [9.17, 15) is 4.79 Å². The first-order valence-electron chi connectivity index (χ1n) is 6.53. The Hall–Kier alpha value is -0.330. The molecular formula is C14H26O. The molecule has 15 heavy (non-hydrogen) atoms. The molecule has 88 valence electrons. The van der Waals surface area contributed by atoms with Crippen LogP contribution in [0.25, 0.3) is 0 Å². The Morgan fingerprint density at radius 3 is 2.20 bits per heavy atom. The van der Waals surface area contributed by atoms with Crippen LogP contribution < -0.4 is 0 Å². The highest BCUT2D eigenvalue weighted by molar-refractivity contribution is 5.91. The minimum Gasteiger partial charge on any atom is -0.298 e. The van der Waals surface area contributed by atoms with Gasteiger partial charge in [-0.05, 0) is 25.7 Å². The molecule has 0 aromatic carbocycles. The summed E-state index contributed by atoms with van der Waals surface area (Å²) in [7, 11) is 0. The summed E-state index contributed by atoms with van der Waals surface area (Å²) in [6.45, 7) is 8.64. The molecule has 1 atom stereocenters. The predicted molar refractivity (Wildman–Crippen MR) is 64.9 cm³/mol. The molecule has 0 radical (unpaired) electrons. The van der Waals surface area contributed by atoms with Crippen molar-refractivity contribution in [2.75, 3.05) is 0 Å². The Kier molecular flexibility index (Phi) is 3.97. The number of carbonyl (C=O) groups excluding carboxylic acids is 1. The fourth-order valence-electron chi connectivity index (χ4n) is 2.96. The SMILES string of the molecule is CCCCCC1(CC)CCC(C)(C)C1=O. The van der Waals surface area contributed by atoms with Crippen LogP contribution in [0.5, 0.6) is 0 Å². The van der Waals surface area contributed by atoms with Crippen molar-refractivity contribution in [2.45, 2.75) is 72.6 Å². The molecule has 1 heteroatoms. The van der Waals surface area contributed by atoms with Gasteiger partial charge in [-0.25, -0.2) is 0 Å². The maximum absolute atomic E-state index is 12.4. The van der Waals surface area contributed by atoms with Gasteiger partial charge in [-0.1, -0.05) is 47.0 Å². The number of hydrogen-bond donors (Lipinski definition) is 0. The first kappa shape index (κ1) is 12.7. The van der Waals surface area contributed by atoms with E-state index in [1.807, 2.05) is 0 Å². The second-order valence-electron chi connectivity index (χ2n) is 5.80. The van der Waals surface area contributed by atoms with E-state index < -0.39 is 0 Å². The number of hydrogen-bond acceptors (Lipinski definition) is 1. The van der Waals surface area contributed by atoms with Crippen molar-refractivity contribution >= 4 is 5.78 Å². The minimum atomic E-state index is -0.0533. The maximum Gasteiger partial charge on any atom is 0.144 e. The zero-order valence-corrected chi connectivity index (χ0v) is 10.9. The Bertz CT molecular complexity index is 229. The molecular weight excluding hydrogens is 184 g/mol. The van der Waals surface area contributed by atoms with Gasteiger partial charge in [0.1, 0.15) is 5.78 Å². The van der Waals surface area contributed by atoms with Crippen molar-refractivity contribution in [3.63, 3.8) is 0 Å². The van der Waals surface area contributed by atoms with Crippen LogP contribution in [0, 0.1) is 10.8 Å².